The lowest BCUT2D eigenvalue weighted by Gasteiger charge is -2.35. The fourth-order valence-electron chi connectivity index (χ4n) is 2.69. The highest BCUT2D eigenvalue weighted by atomic mass is 19.1. The van der Waals surface area contributed by atoms with Crippen molar-refractivity contribution in [2.24, 2.45) is 0 Å². The Hall–Kier alpha value is -1.17. The van der Waals surface area contributed by atoms with Crippen molar-refractivity contribution in [3.05, 3.63) is 30.1 Å². The molecule has 0 saturated carbocycles. The van der Waals surface area contributed by atoms with Crippen molar-refractivity contribution in [1.29, 1.82) is 0 Å². The van der Waals surface area contributed by atoms with Crippen LogP contribution in [0.25, 0.3) is 0 Å². The molecule has 118 valence electrons. The summed E-state index contributed by atoms with van der Waals surface area (Å²) in [7, 11) is 4.19. The lowest BCUT2D eigenvalue weighted by atomic mass is 10.0. The minimum Gasteiger partial charge on any atom is -0.491 e. The number of hydrogen-bond acceptors (Lipinski definition) is 4. The van der Waals surface area contributed by atoms with Crippen LogP contribution in [-0.2, 0) is 0 Å². The number of likely N-dealkylation sites (N-methyl/N-ethyl adjacent to an activating group) is 1. The van der Waals surface area contributed by atoms with Crippen LogP contribution in [-0.4, -0.2) is 67.4 Å². The highest BCUT2D eigenvalue weighted by Gasteiger charge is 2.22. The van der Waals surface area contributed by atoms with E-state index in [4.69, 9.17) is 4.74 Å². The van der Waals surface area contributed by atoms with E-state index in [1.807, 2.05) is 0 Å². The smallest absolute Gasteiger partial charge is 0.123 e. The Bertz CT molecular complexity index is 419. The SMILES string of the molecule is CN1CCC(N(C)C[C@@H](O)COc2ccc(F)cc2)CC1. The molecule has 21 heavy (non-hydrogen) atoms. The summed E-state index contributed by atoms with van der Waals surface area (Å²) in [6, 6.07) is 6.38. The molecule has 1 aliphatic rings. The van der Waals surface area contributed by atoms with Gasteiger partial charge in [0.05, 0.1) is 0 Å². The molecule has 0 radical (unpaired) electrons. The Kier molecular flexibility index (Phi) is 5.96. The summed E-state index contributed by atoms with van der Waals surface area (Å²) in [6.07, 6.45) is 1.73. The topological polar surface area (TPSA) is 35.9 Å². The number of rotatable bonds is 6. The zero-order valence-corrected chi connectivity index (χ0v) is 12.8. The number of hydrogen-bond donors (Lipinski definition) is 1. The molecule has 0 spiro atoms. The van der Waals surface area contributed by atoms with Gasteiger partial charge in [-0.3, -0.25) is 0 Å². The van der Waals surface area contributed by atoms with Gasteiger partial charge < -0.3 is 19.6 Å². The summed E-state index contributed by atoms with van der Waals surface area (Å²) in [5, 5.41) is 10.1. The van der Waals surface area contributed by atoms with E-state index < -0.39 is 6.10 Å². The molecule has 1 aromatic rings. The minimum atomic E-state index is -0.542. The molecule has 0 bridgehead atoms. The van der Waals surface area contributed by atoms with Gasteiger partial charge in [-0.05, 0) is 64.3 Å². The fraction of sp³-hybridized carbons (Fsp3) is 0.625. The molecule has 5 heteroatoms. The second-order valence-electron chi connectivity index (χ2n) is 5.89. The summed E-state index contributed by atoms with van der Waals surface area (Å²) in [4.78, 5) is 4.55. The van der Waals surface area contributed by atoms with Crippen molar-refractivity contribution in [3.63, 3.8) is 0 Å². The lowest BCUT2D eigenvalue weighted by Crippen LogP contribution is -2.45. The first-order chi connectivity index (χ1) is 10.0. The number of aliphatic hydroxyl groups is 1. The summed E-state index contributed by atoms with van der Waals surface area (Å²) in [5.74, 6) is 0.294. The number of benzene rings is 1. The van der Waals surface area contributed by atoms with Gasteiger partial charge in [0.1, 0.15) is 24.3 Å². The fourth-order valence-corrected chi connectivity index (χ4v) is 2.69. The third-order valence-electron chi connectivity index (χ3n) is 4.07. The Morgan fingerprint density at radius 3 is 2.57 bits per heavy atom. The van der Waals surface area contributed by atoms with Crippen LogP contribution in [0.1, 0.15) is 12.8 Å². The Morgan fingerprint density at radius 2 is 1.95 bits per heavy atom. The predicted octanol–water partition coefficient (Wildman–Crippen LogP) is 1.59. The molecule has 1 fully saturated rings. The molecule has 0 aliphatic carbocycles. The van der Waals surface area contributed by atoms with E-state index in [-0.39, 0.29) is 12.4 Å². The molecule has 1 aromatic carbocycles. The first-order valence-corrected chi connectivity index (χ1v) is 7.50. The van der Waals surface area contributed by atoms with Gasteiger partial charge in [-0.1, -0.05) is 0 Å². The summed E-state index contributed by atoms with van der Waals surface area (Å²) >= 11 is 0. The van der Waals surface area contributed by atoms with E-state index in [2.05, 4.69) is 23.9 Å². The maximum atomic E-state index is 12.8. The van der Waals surface area contributed by atoms with Gasteiger partial charge >= 0.3 is 0 Å². The summed E-state index contributed by atoms with van der Waals surface area (Å²) < 4.78 is 18.3. The molecule has 0 amide bonds. The lowest BCUT2D eigenvalue weighted by molar-refractivity contribution is 0.0498. The minimum absolute atomic E-state index is 0.225. The van der Waals surface area contributed by atoms with Gasteiger partial charge in [0.15, 0.2) is 0 Å². The standard InChI is InChI=1S/C16H25FN2O2/c1-18-9-7-14(8-10-18)19(2)11-15(20)12-21-16-5-3-13(17)4-6-16/h3-6,14-15,20H,7-12H2,1-2H3/t15-/m1/s1. The second-order valence-corrected chi connectivity index (χ2v) is 5.89. The molecule has 1 aliphatic heterocycles. The van der Waals surface area contributed by atoms with Crippen molar-refractivity contribution < 1.29 is 14.2 Å². The molecule has 4 nitrogen and oxygen atoms in total. The molecular formula is C16H25FN2O2. The van der Waals surface area contributed by atoms with Crippen LogP contribution in [0.5, 0.6) is 5.75 Å². The normalized spacial score (nSPS) is 18.9. The molecule has 1 saturated heterocycles. The van der Waals surface area contributed by atoms with Crippen molar-refractivity contribution in [2.75, 3.05) is 40.3 Å². The molecule has 1 heterocycles. The first kappa shape index (κ1) is 16.2. The van der Waals surface area contributed by atoms with Crippen LogP contribution >= 0.6 is 0 Å². The van der Waals surface area contributed by atoms with Gasteiger partial charge in [-0.25, -0.2) is 4.39 Å². The highest BCUT2D eigenvalue weighted by molar-refractivity contribution is 5.22. The molecular weight excluding hydrogens is 271 g/mol. The largest absolute Gasteiger partial charge is 0.491 e. The highest BCUT2D eigenvalue weighted by Crippen LogP contribution is 2.15. The number of piperidine rings is 1. The third kappa shape index (κ3) is 5.26. The average Bonchev–Trinajstić information content (AvgIpc) is 2.47. The van der Waals surface area contributed by atoms with Crippen LogP contribution in [0.4, 0.5) is 4.39 Å². The van der Waals surface area contributed by atoms with Crippen LogP contribution in [0.15, 0.2) is 24.3 Å². The summed E-state index contributed by atoms with van der Waals surface area (Å²) in [6.45, 7) is 3.03. The van der Waals surface area contributed by atoms with Crippen molar-refractivity contribution in [2.45, 2.75) is 25.0 Å². The van der Waals surface area contributed by atoms with Crippen molar-refractivity contribution >= 4 is 0 Å². The number of halogens is 1. The Morgan fingerprint density at radius 1 is 1.33 bits per heavy atom. The van der Waals surface area contributed by atoms with E-state index in [9.17, 15) is 9.50 Å². The monoisotopic (exact) mass is 296 g/mol. The van der Waals surface area contributed by atoms with Gasteiger partial charge in [-0.15, -0.1) is 0 Å². The van der Waals surface area contributed by atoms with Gasteiger partial charge in [0.2, 0.25) is 0 Å². The van der Waals surface area contributed by atoms with Gasteiger partial charge in [0.25, 0.3) is 0 Å². The molecule has 1 N–H and O–H groups in total. The zero-order chi connectivity index (χ0) is 15.2. The van der Waals surface area contributed by atoms with E-state index in [0.29, 0.717) is 18.3 Å². The maximum absolute atomic E-state index is 12.8. The van der Waals surface area contributed by atoms with Crippen LogP contribution in [0.2, 0.25) is 0 Å². The van der Waals surface area contributed by atoms with E-state index >= 15 is 0 Å². The zero-order valence-electron chi connectivity index (χ0n) is 12.8. The quantitative estimate of drug-likeness (QED) is 0.865. The molecule has 0 aromatic heterocycles. The maximum Gasteiger partial charge on any atom is 0.123 e. The third-order valence-corrected chi connectivity index (χ3v) is 4.07. The van der Waals surface area contributed by atoms with Gasteiger partial charge in [0, 0.05) is 12.6 Å². The second kappa shape index (κ2) is 7.73. The molecule has 1 atom stereocenters. The number of nitrogens with zero attached hydrogens (tertiary/aromatic N) is 2. The van der Waals surface area contributed by atoms with Crippen LogP contribution in [0.3, 0.4) is 0 Å². The molecule has 0 unspecified atom stereocenters. The van der Waals surface area contributed by atoms with Crippen LogP contribution in [0, 0.1) is 5.82 Å². The Labute approximate surface area is 126 Å². The average molecular weight is 296 g/mol. The van der Waals surface area contributed by atoms with Crippen molar-refractivity contribution in [1.82, 2.24) is 9.80 Å². The van der Waals surface area contributed by atoms with E-state index in [1.54, 1.807) is 12.1 Å². The number of ether oxygens (including phenoxy) is 1. The molecule has 2 rings (SSSR count). The van der Waals surface area contributed by atoms with Crippen LogP contribution < -0.4 is 4.74 Å². The predicted molar refractivity (Wildman–Crippen MR) is 81.1 cm³/mol. The van der Waals surface area contributed by atoms with E-state index in [0.717, 1.165) is 25.9 Å². The van der Waals surface area contributed by atoms with Gasteiger partial charge in [-0.2, -0.15) is 0 Å². The Balaban J connectivity index is 1.71. The first-order valence-electron chi connectivity index (χ1n) is 7.50. The van der Waals surface area contributed by atoms with Crippen molar-refractivity contribution in [3.8, 4) is 5.75 Å². The summed E-state index contributed by atoms with van der Waals surface area (Å²) in [5.41, 5.74) is 0. The number of likely N-dealkylation sites (tertiary alicyclic amines) is 1. The van der Waals surface area contributed by atoms with E-state index in [1.165, 1.54) is 12.1 Å². The number of aliphatic hydroxyl groups excluding tert-OH is 1.